The van der Waals surface area contributed by atoms with E-state index in [0.717, 1.165) is 49.7 Å². The fourth-order valence-electron chi connectivity index (χ4n) is 4.04. The van der Waals surface area contributed by atoms with E-state index in [1.54, 1.807) is 23.1 Å². The van der Waals surface area contributed by atoms with Crippen LogP contribution in [0.1, 0.15) is 71.4 Å². The number of nitrogen functional groups attached to an aromatic ring is 2. The average molecular weight is 459 g/mol. The molecule has 0 atom stereocenters. The molecule has 0 aliphatic carbocycles. The number of hydrogen-bond donors (Lipinski definition) is 3. The molecule has 2 amide bonds. The predicted octanol–water partition coefficient (Wildman–Crippen LogP) is 5.61. The number of nitrogens with zero attached hydrogens (tertiary/aromatic N) is 1. The van der Waals surface area contributed by atoms with Crippen molar-refractivity contribution in [2.75, 3.05) is 16.4 Å². The lowest BCUT2D eigenvalue weighted by Gasteiger charge is -2.28. The summed E-state index contributed by atoms with van der Waals surface area (Å²) in [6.07, 6.45) is 5.72. The van der Waals surface area contributed by atoms with Crippen LogP contribution in [0.2, 0.25) is 0 Å². The summed E-state index contributed by atoms with van der Waals surface area (Å²) in [6.45, 7) is 4.26. The van der Waals surface area contributed by atoms with Gasteiger partial charge in [-0.1, -0.05) is 57.0 Å². The van der Waals surface area contributed by atoms with Crippen LogP contribution in [0.5, 0.6) is 0 Å². The average Bonchev–Trinajstić information content (AvgIpc) is 2.84. The van der Waals surface area contributed by atoms with Gasteiger partial charge in [0.1, 0.15) is 0 Å². The molecule has 0 bridgehead atoms. The van der Waals surface area contributed by atoms with Gasteiger partial charge in [0.2, 0.25) is 5.91 Å². The fourth-order valence-corrected chi connectivity index (χ4v) is 4.04. The third kappa shape index (κ3) is 5.39. The molecule has 0 unspecified atom stereocenters. The number of amides is 2. The molecule has 34 heavy (non-hydrogen) atoms. The lowest BCUT2D eigenvalue weighted by atomic mass is 10.0. The Hall–Kier alpha value is -3.80. The molecule has 6 heteroatoms. The standard InChI is InChI=1S/C28H34N4O2/c1-3-5-10-19-12-8-16-23(25(19)29)32(24-17-9-13-20(26(24)30)11-6-4-2)28(34)22-15-7-14-21(18-22)27(31)33/h7-9,12-18H,3-6,10-11,29-30H2,1-2H3,(H2,31,33). The Kier molecular flexibility index (Phi) is 8.30. The number of aryl methyl sites for hydroxylation is 2. The maximum absolute atomic E-state index is 13.9. The first kappa shape index (κ1) is 24.8. The Morgan fingerprint density at radius 3 is 1.68 bits per heavy atom. The second-order valence-electron chi connectivity index (χ2n) is 8.49. The van der Waals surface area contributed by atoms with Gasteiger partial charge in [0.05, 0.1) is 22.7 Å². The van der Waals surface area contributed by atoms with Crippen molar-refractivity contribution in [3.63, 3.8) is 0 Å². The minimum atomic E-state index is -0.594. The molecule has 6 nitrogen and oxygen atoms in total. The first-order chi connectivity index (χ1) is 16.4. The van der Waals surface area contributed by atoms with Crippen LogP contribution in [0.3, 0.4) is 0 Å². The van der Waals surface area contributed by atoms with Crippen molar-refractivity contribution in [1.82, 2.24) is 0 Å². The van der Waals surface area contributed by atoms with Gasteiger partial charge in [-0.3, -0.25) is 14.5 Å². The fraction of sp³-hybridized carbons (Fsp3) is 0.286. The summed E-state index contributed by atoms with van der Waals surface area (Å²) >= 11 is 0. The summed E-state index contributed by atoms with van der Waals surface area (Å²) in [5.74, 6) is -0.926. The van der Waals surface area contributed by atoms with Crippen LogP contribution in [-0.2, 0) is 12.8 Å². The number of anilines is 4. The Bertz CT molecular complexity index is 1120. The van der Waals surface area contributed by atoms with Crippen LogP contribution in [0.15, 0.2) is 60.7 Å². The Balaban J connectivity index is 2.19. The minimum absolute atomic E-state index is 0.264. The zero-order chi connectivity index (χ0) is 24.7. The quantitative estimate of drug-likeness (QED) is 0.342. The van der Waals surface area contributed by atoms with E-state index < -0.39 is 5.91 Å². The number of hydrogen-bond acceptors (Lipinski definition) is 4. The maximum Gasteiger partial charge on any atom is 0.262 e. The largest absolute Gasteiger partial charge is 0.397 e. The highest BCUT2D eigenvalue weighted by molar-refractivity contribution is 6.14. The molecule has 3 aromatic carbocycles. The van der Waals surface area contributed by atoms with Crippen molar-refractivity contribution in [2.24, 2.45) is 5.73 Å². The van der Waals surface area contributed by atoms with Crippen LogP contribution >= 0.6 is 0 Å². The Morgan fingerprint density at radius 1 is 0.735 bits per heavy atom. The SMILES string of the molecule is CCCCc1cccc(N(C(=O)c2cccc(C(N)=O)c2)c2cccc(CCCC)c2N)c1N. The molecular formula is C28H34N4O2. The van der Waals surface area contributed by atoms with Gasteiger partial charge in [0, 0.05) is 11.1 Å². The normalized spacial score (nSPS) is 10.8. The first-order valence-electron chi connectivity index (χ1n) is 11.9. The molecule has 0 spiro atoms. The smallest absolute Gasteiger partial charge is 0.262 e. The van der Waals surface area contributed by atoms with Crippen LogP contribution in [0.4, 0.5) is 22.7 Å². The highest BCUT2D eigenvalue weighted by atomic mass is 16.2. The molecule has 0 radical (unpaired) electrons. The van der Waals surface area contributed by atoms with Crippen LogP contribution in [0, 0.1) is 0 Å². The molecule has 0 saturated carbocycles. The van der Waals surface area contributed by atoms with Gasteiger partial charge in [-0.15, -0.1) is 0 Å². The summed E-state index contributed by atoms with van der Waals surface area (Å²) in [6, 6.07) is 17.9. The highest BCUT2D eigenvalue weighted by Crippen LogP contribution is 2.39. The van der Waals surface area contributed by atoms with E-state index in [-0.39, 0.29) is 11.5 Å². The molecule has 0 aromatic heterocycles. The van der Waals surface area contributed by atoms with Gasteiger partial charge in [-0.2, -0.15) is 0 Å². The summed E-state index contributed by atoms with van der Waals surface area (Å²) in [5, 5.41) is 0. The second kappa shape index (κ2) is 11.4. The monoisotopic (exact) mass is 458 g/mol. The van der Waals surface area contributed by atoms with Crippen LogP contribution in [0.25, 0.3) is 0 Å². The van der Waals surface area contributed by atoms with E-state index >= 15 is 0 Å². The third-order valence-electron chi connectivity index (χ3n) is 6.03. The highest BCUT2D eigenvalue weighted by Gasteiger charge is 2.25. The topological polar surface area (TPSA) is 115 Å². The molecular weight excluding hydrogens is 424 g/mol. The molecule has 0 aliphatic heterocycles. The van der Waals surface area contributed by atoms with Crippen molar-refractivity contribution in [3.8, 4) is 0 Å². The van der Waals surface area contributed by atoms with E-state index in [9.17, 15) is 9.59 Å². The van der Waals surface area contributed by atoms with Crippen molar-refractivity contribution in [1.29, 1.82) is 0 Å². The number of nitrogens with two attached hydrogens (primary N) is 3. The molecule has 0 saturated heterocycles. The van der Waals surface area contributed by atoms with Crippen molar-refractivity contribution in [3.05, 3.63) is 82.9 Å². The van der Waals surface area contributed by atoms with E-state index in [2.05, 4.69) is 13.8 Å². The van der Waals surface area contributed by atoms with Crippen LogP contribution in [-0.4, -0.2) is 11.8 Å². The van der Waals surface area contributed by atoms with E-state index in [1.807, 2.05) is 36.4 Å². The molecule has 6 N–H and O–H groups in total. The Labute approximate surface area is 201 Å². The molecule has 0 aliphatic rings. The van der Waals surface area contributed by atoms with Gasteiger partial charge in [0.15, 0.2) is 0 Å². The minimum Gasteiger partial charge on any atom is -0.397 e. The van der Waals surface area contributed by atoms with Crippen molar-refractivity contribution < 1.29 is 9.59 Å². The summed E-state index contributed by atoms with van der Waals surface area (Å²) in [7, 11) is 0. The number of carbonyl (C=O) groups is 2. The zero-order valence-corrected chi connectivity index (χ0v) is 20.0. The van der Waals surface area contributed by atoms with E-state index in [0.29, 0.717) is 28.3 Å². The lowest BCUT2D eigenvalue weighted by Crippen LogP contribution is -2.28. The third-order valence-corrected chi connectivity index (χ3v) is 6.03. The second-order valence-corrected chi connectivity index (χ2v) is 8.49. The molecule has 3 aromatic rings. The summed E-state index contributed by atoms with van der Waals surface area (Å²) in [4.78, 5) is 27.2. The summed E-state index contributed by atoms with van der Waals surface area (Å²) in [5.41, 5.74) is 23.5. The zero-order valence-electron chi connectivity index (χ0n) is 20.0. The lowest BCUT2D eigenvalue weighted by molar-refractivity contribution is 0.0998. The molecule has 3 rings (SSSR count). The van der Waals surface area contributed by atoms with Gasteiger partial charge in [-0.05, 0) is 67.1 Å². The predicted molar refractivity (Wildman–Crippen MR) is 140 cm³/mol. The molecule has 0 heterocycles. The van der Waals surface area contributed by atoms with Crippen LogP contribution < -0.4 is 22.1 Å². The number of carbonyl (C=O) groups excluding carboxylic acids is 2. The number of benzene rings is 3. The molecule has 0 fully saturated rings. The number of rotatable bonds is 10. The van der Waals surface area contributed by atoms with E-state index in [1.165, 1.54) is 6.07 Å². The van der Waals surface area contributed by atoms with Crippen molar-refractivity contribution >= 4 is 34.6 Å². The number of unbranched alkanes of at least 4 members (excludes halogenated alkanes) is 2. The number of primary amides is 1. The first-order valence-corrected chi connectivity index (χ1v) is 11.9. The van der Waals surface area contributed by atoms with E-state index in [4.69, 9.17) is 17.2 Å². The van der Waals surface area contributed by atoms with Gasteiger partial charge in [-0.25, -0.2) is 0 Å². The van der Waals surface area contributed by atoms with Gasteiger partial charge >= 0.3 is 0 Å². The molecule has 178 valence electrons. The van der Waals surface area contributed by atoms with Gasteiger partial charge < -0.3 is 17.2 Å². The van der Waals surface area contributed by atoms with Crippen molar-refractivity contribution in [2.45, 2.75) is 52.4 Å². The number of para-hydroxylation sites is 2. The maximum atomic E-state index is 13.9. The summed E-state index contributed by atoms with van der Waals surface area (Å²) < 4.78 is 0. The van der Waals surface area contributed by atoms with Gasteiger partial charge in [0.25, 0.3) is 5.91 Å². The Morgan fingerprint density at radius 2 is 1.21 bits per heavy atom.